The third-order valence-electron chi connectivity index (χ3n) is 17.3. The minimum absolute atomic E-state index is 0.0106. The number of thioether (sulfide) groups is 1. The van der Waals surface area contributed by atoms with Crippen molar-refractivity contribution in [3.63, 3.8) is 0 Å². The van der Waals surface area contributed by atoms with E-state index in [-0.39, 0.29) is 76.2 Å². The van der Waals surface area contributed by atoms with Crippen LogP contribution in [0.1, 0.15) is 117 Å². The topological polar surface area (TPSA) is 170 Å². The molecule has 2 amide bonds. The molecule has 0 radical (unpaired) electrons. The van der Waals surface area contributed by atoms with Crippen LogP contribution < -0.4 is 0 Å². The van der Waals surface area contributed by atoms with Crippen molar-refractivity contribution in [1.82, 2.24) is 14.7 Å². The van der Waals surface area contributed by atoms with Gasteiger partial charge < -0.3 is 48.1 Å². The van der Waals surface area contributed by atoms with Gasteiger partial charge in [0.1, 0.15) is 23.0 Å². The zero-order chi connectivity index (χ0) is 50.4. The first kappa shape index (κ1) is 53.2. The number of carboxylic acid groups (broad SMARTS) is 1. The molecule has 9 rings (SSSR count). The highest BCUT2D eigenvalue weighted by Gasteiger charge is 2.51. The number of carboxylic acids is 1. The quantitative estimate of drug-likeness (QED) is 0.102. The lowest BCUT2D eigenvalue weighted by molar-refractivity contribution is -0.139. The standard InChI is InChI=1S/C55H83N5O11S/c1-55(2,72-33-52(61)62)34-58(14-15-68-18-19-69-17-16-65-3)39-21-35(31-70-50-27-44-42(25-48(50)66-4)53(63)59-40(29-56-44)23-37-10-6-8-12-46(37)59)20-36(22-39)32-71-51-28-45-43(26-49(51)67-5)54(64)60-41(30-57-45)24-38-11-7-9-13-47(38)60/h12,29-30,35-45,47H,6-11,13-28,31-34H2,1-5H3,(H,61,62)/t35?,36-,37?,38+,39+,40-,41+,42+,43?,44?,45+,47?/m0/s1. The maximum Gasteiger partial charge on any atom is 0.313 e. The highest BCUT2D eigenvalue weighted by atomic mass is 32.2. The highest BCUT2D eigenvalue weighted by molar-refractivity contribution is 8.01. The number of fused-ring (bicyclic) bond motifs is 8. The molecule has 0 aromatic heterocycles. The van der Waals surface area contributed by atoms with E-state index in [2.05, 4.69) is 40.8 Å². The van der Waals surface area contributed by atoms with Crippen LogP contribution in [0.5, 0.6) is 0 Å². The molecule has 12 atom stereocenters. The number of allylic oxidation sites excluding steroid dienone is 4. The van der Waals surface area contributed by atoms with E-state index in [1.807, 2.05) is 6.21 Å². The first-order valence-electron chi connectivity index (χ1n) is 27.4. The number of hydrogen-bond donors (Lipinski definition) is 1. The maximum atomic E-state index is 14.4. The summed E-state index contributed by atoms with van der Waals surface area (Å²) in [5.41, 5.74) is 1.20. The number of hydrogen-bond acceptors (Lipinski definition) is 14. The Morgan fingerprint density at radius 3 is 2.06 bits per heavy atom. The summed E-state index contributed by atoms with van der Waals surface area (Å²) in [5, 5.41) is 9.67. The van der Waals surface area contributed by atoms with Gasteiger partial charge in [-0.25, -0.2) is 0 Å². The molecule has 16 nitrogen and oxygen atoms in total. The number of rotatable bonds is 23. The zero-order valence-electron chi connectivity index (χ0n) is 43.7. The first-order valence-corrected chi connectivity index (χ1v) is 28.4. The van der Waals surface area contributed by atoms with Crippen molar-refractivity contribution >= 4 is 42.0 Å². The molecule has 4 heterocycles. The van der Waals surface area contributed by atoms with Crippen LogP contribution in [0.3, 0.4) is 0 Å². The molecule has 9 aliphatic rings. The fourth-order valence-corrected chi connectivity index (χ4v) is 14.6. The predicted octanol–water partition coefficient (Wildman–Crippen LogP) is 7.27. The average molecular weight is 1020 g/mol. The molecule has 1 N–H and O–H groups in total. The smallest absolute Gasteiger partial charge is 0.313 e. The molecule has 17 heteroatoms. The largest absolute Gasteiger partial charge is 0.498 e. The molecular weight excluding hydrogens is 939 g/mol. The van der Waals surface area contributed by atoms with Crippen LogP contribution in [0.4, 0.5) is 0 Å². The van der Waals surface area contributed by atoms with E-state index >= 15 is 0 Å². The van der Waals surface area contributed by atoms with Crippen molar-refractivity contribution in [2.45, 2.75) is 158 Å². The molecule has 5 aliphatic carbocycles. The molecular formula is C55H83N5O11S. The van der Waals surface area contributed by atoms with E-state index in [4.69, 9.17) is 43.1 Å². The summed E-state index contributed by atoms with van der Waals surface area (Å²) >= 11 is 1.46. The van der Waals surface area contributed by atoms with Crippen molar-refractivity contribution in [1.29, 1.82) is 0 Å². The molecule has 2 saturated heterocycles. The Bertz CT molecular complexity index is 2080. The van der Waals surface area contributed by atoms with Gasteiger partial charge >= 0.3 is 5.97 Å². The number of carbonyl (C=O) groups excluding carboxylic acids is 2. The van der Waals surface area contributed by atoms with E-state index < -0.39 is 5.97 Å². The van der Waals surface area contributed by atoms with Crippen molar-refractivity contribution in [3.8, 4) is 0 Å². The summed E-state index contributed by atoms with van der Waals surface area (Å²) in [7, 11) is 5.03. The molecule has 0 aromatic rings. The molecule has 0 bridgehead atoms. The number of methoxy groups -OCH3 is 3. The first-order chi connectivity index (χ1) is 34.9. The maximum absolute atomic E-state index is 14.4. The molecule has 400 valence electrons. The monoisotopic (exact) mass is 1020 g/mol. The lowest BCUT2D eigenvalue weighted by Crippen LogP contribution is -2.49. The lowest BCUT2D eigenvalue weighted by Gasteiger charge is -2.44. The molecule has 72 heavy (non-hydrogen) atoms. The number of nitrogens with zero attached hydrogens (tertiary/aromatic N) is 5. The summed E-state index contributed by atoms with van der Waals surface area (Å²) in [5.74, 6) is 3.40. The van der Waals surface area contributed by atoms with Gasteiger partial charge in [0.05, 0.1) is 102 Å². The van der Waals surface area contributed by atoms with Crippen LogP contribution >= 0.6 is 11.8 Å². The summed E-state index contributed by atoms with van der Waals surface area (Å²) in [6.45, 7) is 9.02. The van der Waals surface area contributed by atoms with Gasteiger partial charge in [0.2, 0.25) is 11.8 Å². The van der Waals surface area contributed by atoms with Gasteiger partial charge in [0.25, 0.3) is 0 Å². The number of aliphatic imine (C=N–C) groups is 2. The predicted molar refractivity (Wildman–Crippen MR) is 276 cm³/mol. The van der Waals surface area contributed by atoms with Crippen LogP contribution in [0.15, 0.2) is 44.8 Å². The fourth-order valence-electron chi connectivity index (χ4n) is 13.9. The van der Waals surface area contributed by atoms with E-state index in [9.17, 15) is 19.5 Å². The molecule has 5 unspecified atom stereocenters. The van der Waals surface area contributed by atoms with E-state index in [0.29, 0.717) is 103 Å². The van der Waals surface area contributed by atoms with Crippen LogP contribution in [-0.2, 0) is 47.5 Å². The van der Waals surface area contributed by atoms with Crippen LogP contribution in [0.25, 0.3) is 0 Å². The Balaban J connectivity index is 0.914. The third kappa shape index (κ3) is 12.4. The van der Waals surface area contributed by atoms with Gasteiger partial charge in [-0.3, -0.25) is 29.3 Å². The van der Waals surface area contributed by atoms with Gasteiger partial charge in [0.15, 0.2) is 0 Å². The van der Waals surface area contributed by atoms with Crippen LogP contribution in [-0.4, -0.2) is 177 Å². The number of amides is 2. The second-order valence-electron chi connectivity index (χ2n) is 22.6. The van der Waals surface area contributed by atoms with Gasteiger partial charge in [-0.05, 0) is 95.8 Å². The van der Waals surface area contributed by atoms with Crippen molar-refractivity contribution in [2.24, 2.45) is 45.5 Å². The second kappa shape index (κ2) is 24.4. The van der Waals surface area contributed by atoms with Crippen LogP contribution in [0, 0.1) is 35.5 Å². The molecule has 4 aliphatic heterocycles. The van der Waals surface area contributed by atoms with E-state index in [1.54, 1.807) is 21.3 Å². The van der Waals surface area contributed by atoms with Crippen LogP contribution in [0.2, 0.25) is 0 Å². The summed E-state index contributed by atoms with van der Waals surface area (Å²) in [6.07, 6.45) is 21.0. The molecule has 2 saturated carbocycles. The minimum atomic E-state index is -0.826. The van der Waals surface area contributed by atoms with Gasteiger partial charge in [-0.15, -0.1) is 11.8 Å². The zero-order valence-corrected chi connectivity index (χ0v) is 44.5. The van der Waals surface area contributed by atoms with Crippen molar-refractivity contribution in [3.05, 3.63) is 34.8 Å². The fraction of sp³-hybridized carbons (Fsp3) is 0.800. The van der Waals surface area contributed by atoms with Gasteiger partial charge in [-0.2, -0.15) is 0 Å². The van der Waals surface area contributed by atoms with Gasteiger partial charge in [-0.1, -0.05) is 18.9 Å². The third-order valence-corrected chi connectivity index (χ3v) is 18.6. The average Bonchev–Trinajstić information content (AvgIpc) is 3.88. The van der Waals surface area contributed by atoms with Crippen molar-refractivity contribution < 1.29 is 52.6 Å². The van der Waals surface area contributed by atoms with E-state index in [0.717, 1.165) is 74.4 Å². The summed E-state index contributed by atoms with van der Waals surface area (Å²) < 4.78 is 42.5. The Kier molecular flexibility index (Phi) is 18.0. The Labute approximate surface area is 432 Å². The lowest BCUT2D eigenvalue weighted by atomic mass is 9.78. The molecule has 0 aromatic carbocycles. The highest BCUT2D eigenvalue weighted by Crippen LogP contribution is 2.47. The Morgan fingerprint density at radius 2 is 1.39 bits per heavy atom. The summed E-state index contributed by atoms with van der Waals surface area (Å²) in [4.78, 5) is 57.5. The van der Waals surface area contributed by atoms with E-state index in [1.165, 1.54) is 43.1 Å². The Hall–Kier alpha value is -3.64. The summed E-state index contributed by atoms with van der Waals surface area (Å²) in [6, 6.07) is 0.139. The number of ether oxygens (including phenoxy) is 7. The second-order valence-corrected chi connectivity index (χ2v) is 24.3. The molecule has 0 spiro atoms. The van der Waals surface area contributed by atoms with Gasteiger partial charge in [0, 0.05) is 86.8 Å². The number of carbonyl (C=O) groups is 3. The normalized spacial score (nSPS) is 33.3. The van der Waals surface area contributed by atoms with Crippen molar-refractivity contribution in [2.75, 3.05) is 86.4 Å². The Morgan fingerprint density at radius 1 is 0.750 bits per heavy atom. The molecule has 4 fully saturated rings. The minimum Gasteiger partial charge on any atom is -0.498 e. The SMILES string of the molecule is COCCOCCOCCN(CC(C)(C)SCC(=O)O)[C@@H]1CC(COC2=C(OC)C[C@H]3C(=O)N4C5=CCCCC5C[C@H]4C=NC3C2)C[C@H](COC2=C(OC)CC3C(=O)N4C5CCCC[C@@H]5C[C@@H]4C=N[C@@H]3C2)C1. The number of aliphatic carboxylic acids is 1.